The highest BCUT2D eigenvalue weighted by molar-refractivity contribution is 5.43. The SMILES string of the molecule is NC1(c2ccc3c(c2)CCO3)CNC1. The first kappa shape index (κ1) is 8.26. The molecule has 3 nitrogen and oxygen atoms in total. The predicted octanol–water partition coefficient (Wildman–Crippen LogP) is 0.379. The van der Waals surface area contributed by atoms with Gasteiger partial charge in [0, 0.05) is 19.5 Å². The minimum Gasteiger partial charge on any atom is -0.493 e. The Kier molecular flexibility index (Phi) is 1.60. The van der Waals surface area contributed by atoms with Crippen LogP contribution in [0.25, 0.3) is 0 Å². The molecule has 14 heavy (non-hydrogen) atoms. The second-order valence-corrected chi connectivity index (χ2v) is 4.18. The summed E-state index contributed by atoms with van der Waals surface area (Å²) in [5, 5.41) is 3.21. The van der Waals surface area contributed by atoms with E-state index in [2.05, 4.69) is 17.4 Å². The van der Waals surface area contributed by atoms with Gasteiger partial charge in [0.2, 0.25) is 0 Å². The minimum absolute atomic E-state index is 0.141. The van der Waals surface area contributed by atoms with E-state index in [-0.39, 0.29) is 5.54 Å². The van der Waals surface area contributed by atoms with Crippen molar-refractivity contribution in [2.75, 3.05) is 19.7 Å². The molecule has 2 aliphatic heterocycles. The van der Waals surface area contributed by atoms with Gasteiger partial charge in [0.25, 0.3) is 0 Å². The van der Waals surface area contributed by atoms with Crippen LogP contribution in [0.2, 0.25) is 0 Å². The van der Waals surface area contributed by atoms with Gasteiger partial charge in [0.1, 0.15) is 5.75 Å². The maximum absolute atomic E-state index is 6.21. The Morgan fingerprint density at radius 2 is 2.21 bits per heavy atom. The molecule has 0 bridgehead atoms. The molecule has 1 aromatic rings. The summed E-state index contributed by atoms with van der Waals surface area (Å²) in [7, 11) is 0. The fourth-order valence-corrected chi connectivity index (χ4v) is 2.09. The van der Waals surface area contributed by atoms with E-state index in [1.165, 1.54) is 11.1 Å². The molecule has 2 heterocycles. The van der Waals surface area contributed by atoms with Crippen LogP contribution < -0.4 is 15.8 Å². The maximum atomic E-state index is 6.21. The quantitative estimate of drug-likeness (QED) is 0.673. The molecule has 3 heteroatoms. The van der Waals surface area contributed by atoms with Gasteiger partial charge < -0.3 is 15.8 Å². The number of ether oxygens (including phenoxy) is 1. The number of hydrogen-bond acceptors (Lipinski definition) is 3. The van der Waals surface area contributed by atoms with E-state index in [9.17, 15) is 0 Å². The fraction of sp³-hybridized carbons (Fsp3) is 0.455. The van der Waals surface area contributed by atoms with Gasteiger partial charge in [-0.25, -0.2) is 0 Å². The van der Waals surface area contributed by atoms with E-state index in [1.807, 2.05) is 6.07 Å². The minimum atomic E-state index is -0.141. The van der Waals surface area contributed by atoms with Crippen LogP contribution in [0, 0.1) is 0 Å². The molecule has 0 atom stereocenters. The normalized spacial score (nSPS) is 22.4. The highest BCUT2D eigenvalue weighted by atomic mass is 16.5. The molecule has 0 aromatic heterocycles. The lowest BCUT2D eigenvalue weighted by atomic mass is 9.84. The zero-order valence-corrected chi connectivity index (χ0v) is 8.05. The van der Waals surface area contributed by atoms with Crippen molar-refractivity contribution in [2.24, 2.45) is 5.73 Å². The Labute approximate surface area is 83.2 Å². The Hall–Kier alpha value is -1.06. The van der Waals surface area contributed by atoms with Gasteiger partial charge in [-0.1, -0.05) is 12.1 Å². The van der Waals surface area contributed by atoms with Crippen molar-refractivity contribution in [3.63, 3.8) is 0 Å². The zero-order valence-electron chi connectivity index (χ0n) is 8.05. The third kappa shape index (κ3) is 1.06. The summed E-state index contributed by atoms with van der Waals surface area (Å²) in [5.41, 5.74) is 8.62. The molecule has 1 saturated heterocycles. The van der Waals surface area contributed by atoms with E-state index in [0.717, 1.165) is 31.9 Å². The summed E-state index contributed by atoms with van der Waals surface area (Å²) < 4.78 is 5.46. The highest BCUT2D eigenvalue weighted by Gasteiger charge is 2.34. The van der Waals surface area contributed by atoms with Crippen molar-refractivity contribution in [3.8, 4) is 5.75 Å². The number of rotatable bonds is 1. The van der Waals surface area contributed by atoms with E-state index >= 15 is 0 Å². The summed E-state index contributed by atoms with van der Waals surface area (Å²) in [6, 6.07) is 6.33. The second-order valence-electron chi connectivity index (χ2n) is 4.18. The molecule has 74 valence electrons. The molecule has 3 N–H and O–H groups in total. The highest BCUT2D eigenvalue weighted by Crippen LogP contribution is 2.30. The van der Waals surface area contributed by atoms with Crippen LogP contribution in [0.4, 0.5) is 0 Å². The zero-order chi connectivity index (χ0) is 9.60. The summed E-state index contributed by atoms with van der Waals surface area (Å²) >= 11 is 0. The van der Waals surface area contributed by atoms with Crippen LogP contribution in [0.15, 0.2) is 18.2 Å². The fourth-order valence-electron chi connectivity index (χ4n) is 2.09. The van der Waals surface area contributed by atoms with Gasteiger partial charge in [-0.05, 0) is 17.2 Å². The maximum Gasteiger partial charge on any atom is 0.122 e. The van der Waals surface area contributed by atoms with Crippen molar-refractivity contribution >= 4 is 0 Å². The molecule has 0 amide bonds. The van der Waals surface area contributed by atoms with Crippen LogP contribution in [-0.2, 0) is 12.0 Å². The largest absolute Gasteiger partial charge is 0.493 e. The Bertz CT molecular complexity index is 372. The Morgan fingerprint density at radius 1 is 1.36 bits per heavy atom. The van der Waals surface area contributed by atoms with Crippen molar-refractivity contribution in [2.45, 2.75) is 12.0 Å². The number of nitrogens with one attached hydrogen (secondary N) is 1. The van der Waals surface area contributed by atoms with E-state index in [1.54, 1.807) is 0 Å². The van der Waals surface area contributed by atoms with E-state index in [4.69, 9.17) is 10.5 Å². The van der Waals surface area contributed by atoms with Gasteiger partial charge in [-0.3, -0.25) is 0 Å². The average molecular weight is 190 g/mol. The van der Waals surface area contributed by atoms with Gasteiger partial charge >= 0.3 is 0 Å². The first-order chi connectivity index (χ1) is 6.78. The van der Waals surface area contributed by atoms with Crippen LogP contribution >= 0.6 is 0 Å². The van der Waals surface area contributed by atoms with Crippen molar-refractivity contribution in [3.05, 3.63) is 29.3 Å². The molecule has 0 radical (unpaired) electrons. The van der Waals surface area contributed by atoms with Crippen molar-refractivity contribution in [1.29, 1.82) is 0 Å². The van der Waals surface area contributed by atoms with Crippen LogP contribution in [0.5, 0.6) is 5.75 Å². The lowest BCUT2D eigenvalue weighted by Gasteiger charge is -2.39. The third-order valence-electron chi connectivity index (χ3n) is 3.15. The molecule has 1 aromatic carbocycles. The van der Waals surface area contributed by atoms with Crippen LogP contribution in [0.3, 0.4) is 0 Å². The summed E-state index contributed by atoms with van der Waals surface area (Å²) in [5.74, 6) is 1.03. The van der Waals surface area contributed by atoms with Crippen LogP contribution in [0.1, 0.15) is 11.1 Å². The first-order valence-corrected chi connectivity index (χ1v) is 5.04. The van der Waals surface area contributed by atoms with Gasteiger partial charge in [0.15, 0.2) is 0 Å². The lowest BCUT2D eigenvalue weighted by Crippen LogP contribution is -2.62. The van der Waals surface area contributed by atoms with Gasteiger partial charge in [-0.15, -0.1) is 0 Å². The smallest absolute Gasteiger partial charge is 0.122 e. The Balaban J connectivity index is 2.00. The lowest BCUT2D eigenvalue weighted by molar-refractivity contribution is 0.287. The number of hydrogen-bond donors (Lipinski definition) is 2. The van der Waals surface area contributed by atoms with Crippen molar-refractivity contribution < 1.29 is 4.74 Å². The van der Waals surface area contributed by atoms with Gasteiger partial charge in [0.05, 0.1) is 12.1 Å². The summed E-state index contributed by atoms with van der Waals surface area (Å²) in [6.45, 7) is 2.58. The number of fused-ring (bicyclic) bond motifs is 1. The van der Waals surface area contributed by atoms with E-state index < -0.39 is 0 Å². The molecule has 2 aliphatic rings. The molecule has 0 unspecified atom stereocenters. The number of benzene rings is 1. The summed E-state index contributed by atoms with van der Waals surface area (Å²) in [6.07, 6.45) is 1.02. The molecule has 1 fully saturated rings. The van der Waals surface area contributed by atoms with Crippen LogP contribution in [-0.4, -0.2) is 19.7 Å². The van der Waals surface area contributed by atoms with E-state index in [0.29, 0.717) is 0 Å². The molecule has 0 saturated carbocycles. The Morgan fingerprint density at radius 3 is 2.93 bits per heavy atom. The molecular formula is C11H14N2O. The third-order valence-corrected chi connectivity index (χ3v) is 3.15. The van der Waals surface area contributed by atoms with Crippen molar-refractivity contribution in [1.82, 2.24) is 5.32 Å². The predicted molar refractivity (Wildman–Crippen MR) is 54.4 cm³/mol. The standard InChI is InChI=1S/C11H14N2O/c12-11(6-13-7-11)9-1-2-10-8(5-9)3-4-14-10/h1-2,5,13H,3-4,6-7,12H2. The topological polar surface area (TPSA) is 47.3 Å². The number of nitrogens with two attached hydrogens (primary N) is 1. The monoisotopic (exact) mass is 190 g/mol. The summed E-state index contributed by atoms with van der Waals surface area (Å²) in [4.78, 5) is 0. The molecular weight excluding hydrogens is 176 g/mol. The molecule has 3 rings (SSSR count). The van der Waals surface area contributed by atoms with Gasteiger partial charge in [-0.2, -0.15) is 0 Å². The average Bonchev–Trinajstić information content (AvgIpc) is 2.60. The molecule has 0 aliphatic carbocycles. The first-order valence-electron chi connectivity index (χ1n) is 5.04. The second kappa shape index (κ2) is 2.72. The molecule has 0 spiro atoms.